The Balaban J connectivity index is 1.17. The van der Waals surface area contributed by atoms with Gasteiger partial charge in [0.25, 0.3) is 0 Å². The highest BCUT2D eigenvalue weighted by Gasteiger charge is 2.45. The minimum Gasteiger partial charge on any atom is -0.480 e. The summed E-state index contributed by atoms with van der Waals surface area (Å²) in [7, 11) is 1.57. The summed E-state index contributed by atoms with van der Waals surface area (Å²) in [4.78, 5) is 175. The van der Waals surface area contributed by atoms with Crippen LogP contribution in [-0.4, -0.2) is 326 Å². The number of fused-ring (bicyclic) bond motifs is 2. The SMILES string of the molecule is CC[C@H](C)[C@@H]1NC(=O)[C@H](CC(C)C)NC(=O)C2(CCN(C(=O)COCCOCCOC)CC2)NC(=O)CCSCc2cccc(n2)CSCC(C(=O)NC2CCN(CC(=O)N[C@@H](CCCCNC(=O)CN3CCN(CC(=O)O)CCN(CC(=O)O)CCN(CC(=O)O)CC3)C(N)=O)CC2)NC1=O. The number of amides is 9. The van der Waals surface area contributed by atoms with Gasteiger partial charge in [0.1, 0.15) is 36.3 Å². The molecule has 0 aliphatic carbocycles. The number of nitrogens with zero attached hydrogens (tertiary/aromatic N) is 7. The number of rotatable bonds is 31. The first-order valence-corrected chi connectivity index (χ1v) is 37.7. The van der Waals surface area contributed by atoms with Gasteiger partial charge in [-0.05, 0) is 75.3 Å². The van der Waals surface area contributed by atoms with Crippen molar-refractivity contribution in [2.75, 3.05) is 169 Å². The van der Waals surface area contributed by atoms with Gasteiger partial charge in [-0.2, -0.15) is 23.5 Å². The predicted molar refractivity (Wildman–Crippen MR) is 380 cm³/mol. The monoisotopic (exact) mass is 1480 g/mol. The van der Waals surface area contributed by atoms with E-state index in [1.54, 1.807) is 33.6 Å². The first-order valence-electron chi connectivity index (χ1n) is 35.4. The molecule has 2 bridgehead atoms. The number of hydrogen-bond acceptors (Lipinski definition) is 23. The fourth-order valence-corrected chi connectivity index (χ4v) is 14.0. The number of hydrogen-bond donors (Lipinski definition) is 11. The van der Waals surface area contributed by atoms with Crippen LogP contribution in [0, 0.1) is 11.8 Å². The molecule has 1 aromatic heterocycles. The fraction of sp³-hybridized carbons (Fsp3) is 0.746. The van der Waals surface area contributed by atoms with Crippen LogP contribution in [-0.2, 0) is 83.3 Å². The first-order chi connectivity index (χ1) is 48.7. The number of carbonyl (C=O) groups excluding carboxylic acids is 9. The number of primary amides is 1. The van der Waals surface area contributed by atoms with Crippen molar-refractivity contribution in [3.63, 3.8) is 0 Å². The van der Waals surface area contributed by atoms with Crippen molar-refractivity contribution in [2.24, 2.45) is 17.6 Å². The lowest BCUT2D eigenvalue weighted by molar-refractivity contribution is -0.144. The van der Waals surface area contributed by atoms with Crippen molar-refractivity contribution in [3.8, 4) is 0 Å². The zero-order valence-corrected chi connectivity index (χ0v) is 61.6. The van der Waals surface area contributed by atoms with Gasteiger partial charge in [-0.15, -0.1) is 0 Å². The van der Waals surface area contributed by atoms with E-state index in [0.717, 1.165) is 11.4 Å². The van der Waals surface area contributed by atoms with Crippen LogP contribution in [0.1, 0.15) is 103 Å². The van der Waals surface area contributed by atoms with Gasteiger partial charge in [-0.1, -0.05) is 40.2 Å². The lowest BCUT2D eigenvalue weighted by Gasteiger charge is -2.42. The topological polar surface area (TPSA) is 436 Å². The molecule has 102 heavy (non-hydrogen) atoms. The van der Waals surface area contributed by atoms with Gasteiger partial charge in [0.15, 0.2) is 0 Å². The third-order valence-electron chi connectivity index (χ3n) is 18.3. The number of likely N-dealkylation sites (tertiary alicyclic amines) is 2. The Kier molecular flexibility index (Phi) is 38.8. The van der Waals surface area contributed by atoms with E-state index < -0.39 is 89.0 Å². The Morgan fingerprint density at radius 1 is 0.686 bits per heavy atom. The normalized spacial score (nSPS) is 21.4. The molecule has 0 aromatic carbocycles. The minimum atomic E-state index is -1.49. The summed E-state index contributed by atoms with van der Waals surface area (Å²) in [6, 6.07) is 0.932. The third-order valence-corrected chi connectivity index (χ3v) is 20.3. The summed E-state index contributed by atoms with van der Waals surface area (Å²) in [5.74, 6) is -6.76. The summed E-state index contributed by atoms with van der Waals surface area (Å²) in [5.41, 5.74) is 5.77. The Bertz CT molecular complexity index is 2860. The molecule has 33 nitrogen and oxygen atoms in total. The number of carboxylic acid groups (broad SMARTS) is 3. The molecule has 5 rings (SSSR count). The molecule has 35 heteroatoms. The highest BCUT2D eigenvalue weighted by atomic mass is 32.2. The zero-order valence-electron chi connectivity index (χ0n) is 59.9. The summed E-state index contributed by atoms with van der Waals surface area (Å²) >= 11 is 2.89. The molecule has 1 aromatic rings. The van der Waals surface area contributed by atoms with Crippen molar-refractivity contribution < 1.29 is 87.1 Å². The van der Waals surface area contributed by atoms with Gasteiger partial charge in [-0.25, -0.2) is 0 Å². The number of aromatic nitrogens is 1. The van der Waals surface area contributed by atoms with Crippen molar-refractivity contribution in [1.29, 1.82) is 0 Å². The number of aliphatic carboxylic acids is 3. The third kappa shape index (κ3) is 32.5. The summed E-state index contributed by atoms with van der Waals surface area (Å²) < 4.78 is 16.0. The van der Waals surface area contributed by atoms with E-state index >= 15 is 0 Å². The Labute approximate surface area is 606 Å². The number of ether oxygens (including phenoxy) is 3. The molecule has 1 spiro atoms. The molecule has 5 heterocycles. The van der Waals surface area contributed by atoms with Crippen LogP contribution in [0.15, 0.2) is 18.2 Å². The standard InChI is InChI=1S/C67H111N15O18S2/c1-6-47(4)61-65(96)73-53(45-102-44-50-11-9-10-49(70-50)43-101-35-15-54(83)76-67(66(97)74-52(36-46(2)3)63(94)75-61)16-21-82(22-17-67)57(86)42-100-34-33-99-32-31-98-5)64(95)71-48-13-19-77(20-14-48)38-56(85)72-51(62(68)93)12-7-8-18-69-55(84)37-78-23-25-79(39-58(87)88)27-29-81(41-60(91)92)30-28-80(26-24-78)40-59(89)90/h9-11,46-48,51-53,61H,6-8,12-45H2,1-5H3,(H2,68,93)(H,69,84)(H,71,95)(H,72,85)(H,73,96)(H,74,97)(H,75,94)(H,76,83)(H,87,88)(H,89,90)(H,91,92)/t47-,51-,52-,53?,61-/m0/s1. The van der Waals surface area contributed by atoms with Crippen LogP contribution in [0.2, 0.25) is 0 Å². The molecular weight excluding hydrogens is 1370 g/mol. The van der Waals surface area contributed by atoms with Gasteiger partial charge in [0.05, 0.1) is 70.5 Å². The quantitative estimate of drug-likeness (QED) is 0.0357. The van der Waals surface area contributed by atoms with Crippen LogP contribution in [0.4, 0.5) is 0 Å². The predicted octanol–water partition coefficient (Wildman–Crippen LogP) is -2.03. The van der Waals surface area contributed by atoms with Crippen LogP contribution in [0.25, 0.3) is 0 Å². The molecule has 3 saturated heterocycles. The molecule has 0 saturated carbocycles. The van der Waals surface area contributed by atoms with E-state index in [4.69, 9.17) is 24.9 Å². The number of nitrogens with two attached hydrogens (primary N) is 1. The van der Waals surface area contributed by atoms with Crippen molar-refractivity contribution in [1.82, 2.24) is 71.6 Å². The number of unbranched alkanes of at least 4 members (excludes halogenated alkanes) is 1. The van der Waals surface area contributed by atoms with Gasteiger partial charge < -0.3 is 77.4 Å². The van der Waals surface area contributed by atoms with Crippen molar-refractivity contribution in [2.45, 2.75) is 139 Å². The smallest absolute Gasteiger partial charge is 0.317 e. The van der Waals surface area contributed by atoms with Crippen LogP contribution in [0.3, 0.4) is 0 Å². The molecule has 574 valence electrons. The highest BCUT2D eigenvalue weighted by molar-refractivity contribution is 7.98. The minimum absolute atomic E-state index is 0.0537. The first kappa shape index (κ1) is 85.8. The zero-order chi connectivity index (χ0) is 74.6. The van der Waals surface area contributed by atoms with E-state index in [2.05, 4.69) is 37.2 Å². The van der Waals surface area contributed by atoms with Gasteiger partial charge >= 0.3 is 17.9 Å². The molecule has 5 atom stereocenters. The fourth-order valence-electron chi connectivity index (χ4n) is 12.2. The molecule has 9 amide bonds. The van der Waals surface area contributed by atoms with Gasteiger partial charge in [0, 0.05) is 128 Å². The number of carboxylic acids is 3. The Hall–Kier alpha value is -6.83. The maximum Gasteiger partial charge on any atom is 0.317 e. The second kappa shape index (κ2) is 46.1. The number of pyridine rings is 1. The van der Waals surface area contributed by atoms with E-state index in [0.29, 0.717) is 75.7 Å². The Morgan fingerprint density at radius 3 is 1.79 bits per heavy atom. The molecule has 12 N–H and O–H groups in total. The average molecular weight is 1480 g/mol. The van der Waals surface area contributed by atoms with Gasteiger partial charge in [0.2, 0.25) is 53.2 Å². The van der Waals surface area contributed by atoms with E-state index in [9.17, 15) is 72.9 Å². The average Bonchev–Trinajstić information content (AvgIpc) is 0.793. The molecule has 3 fully saturated rings. The van der Waals surface area contributed by atoms with E-state index in [1.165, 1.54) is 23.5 Å². The van der Waals surface area contributed by atoms with E-state index in [-0.39, 0.29) is 192 Å². The number of carbonyl (C=O) groups is 12. The summed E-state index contributed by atoms with van der Waals surface area (Å²) in [5, 5.41) is 49.2. The summed E-state index contributed by atoms with van der Waals surface area (Å²) in [6.07, 6.45) is 2.75. The lowest BCUT2D eigenvalue weighted by Crippen LogP contribution is -2.66. The van der Waals surface area contributed by atoms with Crippen molar-refractivity contribution in [3.05, 3.63) is 29.6 Å². The molecular formula is C67H111N15O18S2. The second-order valence-electron chi connectivity index (χ2n) is 26.9. The second-order valence-corrected chi connectivity index (χ2v) is 29.0. The number of nitrogens with one attached hydrogen (secondary N) is 7. The van der Waals surface area contributed by atoms with E-state index in [1.807, 2.05) is 48.8 Å². The molecule has 0 radical (unpaired) electrons. The summed E-state index contributed by atoms with van der Waals surface area (Å²) in [6.45, 7) is 10.8. The Morgan fingerprint density at radius 2 is 1.24 bits per heavy atom. The maximum atomic E-state index is 14.8. The van der Waals surface area contributed by atoms with Gasteiger partial charge in [-0.3, -0.25) is 87.0 Å². The number of thioether (sulfide) groups is 2. The van der Waals surface area contributed by atoms with Crippen LogP contribution >= 0.6 is 23.5 Å². The number of methoxy groups -OCH3 is 1. The number of piperidine rings is 2. The molecule has 4 aliphatic heterocycles. The van der Waals surface area contributed by atoms with Crippen LogP contribution in [0.5, 0.6) is 0 Å². The lowest BCUT2D eigenvalue weighted by atomic mass is 9.85. The van der Waals surface area contributed by atoms with Crippen molar-refractivity contribution >= 4 is 94.6 Å². The van der Waals surface area contributed by atoms with Crippen LogP contribution < -0.4 is 43.0 Å². The largest absolute Gasteiger partial charge is 0.480 e. The molecule has 4 aliphatic rings. The highest BCUT2D eigenvalue weighted by Crippen LogP contribution is 2.26. The maximum absolute atomic E-state index is 14.8. The molecule has 1 unspecified atom stereocenters.